The summed E-state index contributed by atoms with van der Waals surface area (Å²) in [5.41, 5.74) is 4.77. The lowest BCUT2D eigenvalue weighted by Crippen LogP contribution is -2.30. The van der Waals surface area contributed by atoms with Crippen LogP contribution < -0.4 is 4.90 Å². The van der Waals surface area contributed by atoms with Crippen molar-refractivity contribution in [3.63, 3.8) is 0 Å². The molecule has 2 aromatic carbocycles. The number of rotatable bonds is 6. The first kappa shape index (κ1) is 20.6. The molecule has 0 spiro atoms. The summed E-state index contributed by atoms with van der Waals surface area (Å²) in [5, 5.41) is 0.697. The molecule has 4 aromatic rings. The predicted octanol–water partition coefficient (Wildman–Crippen LogP) is 6.27. The first-order chi connectivity index (χ1) is 14.5. The van der Waals surface area contributed by atoms with Gasteiger partial charge >= 0.3 is 0 Å². The molecule has 0 saturated carbocycles. The van der Waals surface area contributed by atoms with Gasteiger partial charge in [-0.1, -0.05) is 36.5 Å². The Labute approximate surface area is 185 Å². The Morgan fingerprint density at radius 1 is 1.10 bits per heavy atom. The van der Waals surface area contributed by atoms with Crippen molar-refractivity contribution in [1.82, 2.24) is 9.97 Å². The van der Waals surface area contributed by atoms with Crippen LogP contribution in [0.1, 0.15) is 34.1 Å². The van der Waals surface area contributed by atoms with E-state index < -0.39 is 0 Å². The molecule has 0 N–H and O–H groups in total. The SMILES string of the molecule is CCSc1cccc(C(=O)N(Cc2ccccn2)c2nc3c(C)cc(C)cc3s2)c1. The standard InChI is InChI=1S/C24H23N3OS2/c1-4-29-20-10-7-8-18(14-20)23(28)27(15-19-9-5-6-11-25-19)24-26-22-17(3)12-16(2)13-21(22)30-24/h5-14H,4,15H2,1-3H3. The third kappa shape index (κ3) is 4.40. The van der Waals surface area contributed by atoms with Crippen LogP contribution >= 0.6 is 23.1 Å². The fourth-order valence-corrected chi connectivity index (χ4v) is 5.25. The second kappa shape index (κ2) is 8.98. The van der Waals surface area contributed by atoms with Gasteiger partial charge in [-0.3, -0.25) is 14.7 Å². The highest BCUT2D eigenvalue weighted by Crippen LogP contribution is 2.33. The Hall–Kier alpha value is -2.70. The third-order valence-corrected chi connectivity index (χ3v) is 6.63. The molecule has 0 aliphatic rings. The second-order valence-corrected chi connectivity index (χ2v) is 9.44. The van der Waals surface area contributed by atoms with E-state index in [0.29, 0.717) is 17.2 Å². The number of anilines is 1. The van der Waals surface area contributed by atoms with Crippen LogP contribution in [0.3, 0.4) is 0 Å². The topological polar surface area (TPSA) is 46.1 Å². The minimum Gasteiger partial charge on any atom is -0.278 e. The largest absolute Gasteiger partial charge is 0.278 e. The van der Waals surface area contributed by atoms with Gasteiger partial charge in [-0.15, -0.1) is 11.8 Å². The molecule has 6 heteroatoms. The van der Waals surface area contributed by atoms with Crippen LogP contribution in [0.5, 0.6) is 0 Å². The molecular formula is C24H23N3OS2. The molecule has 0 bridgehead atoms. The summed E-state index contributed by atoms with van der Waals surface area (Å²) in [6.07, 6.45) is 1.75. The van der Waals surface area contributed by atoms with Crippen molar-refractivity contribution in [2.75, 3.05) is 10.7 Å². The number of nitrogens with zero attached hydrogens (tertiary/aromatic N) is 3. The molecule has 0 aliphatic carbocycles. The van der Waals surface area contributed by atoms with E-state index in [1.165, 1.54) is 5.56 Å². The minimum atomic E-state index is -0.0624. The maximum Gasteiger partial charge on any atom is 0.260 e. The van der Waals surface area contributed by atoms with Crippen LogP contribution in [0.2, 0.25) is 0 Å². The summed E-state index contributed by atoms with van der Waals surface area (Å²) in [7, 11) is 0. The van der Waals surface area contributed by atoms with Crippen LogP contribution in [0.4, 0.5) is 5.13 Å². The summed E-state index contributed by atoms with van der Waals surface area (Å²) < 4.78 is 1.09. The lowest BCUT2D eigenvalue weighted by molar-refractivity contribution is 0.0984. The summed E-state index contributed by atoms with van der Waals surface area (Å²) in [6, 6.07) is 17.8. The lowest BCUT2D eigenvalue weighted by Gasteiger charge is -2.20. The molecule has 4 rings (SSSR count). The average molecular weight is 434 g/mol. The Bertz CT molecular complexity index is 1190. The van der Waals surface area contributed by atoms with Gasteiger partial charge in [0.25, 0.3) is 5.91 Å². The van der Waals surface area contributed by atoms with E-state index in [4.69, 9.17) is 4.98 Å². The Kier molecular flexibility index (Phi) is 6.16. The molecule has 4 nitrogen and oxygen atoms in total. The number of thioether (sulfide) groups is 1. The monoisotopic (exact) mass is 433 g/mol. The maximum atomic E-state index is 13.6. The number of thiazole rings is 1. The molecule has 0 radical (unpaired) electrons. The van der Waals surface area contributed by atoms with E-state index in [9.17, 15) is 4.79 Å². The molecule has 152 valence electrons. The molecule has 2 heterocycles. The number of carbonyl (C=O) groups excluding carboxylic acids is 1. The van der Waals surface area contributed by atoms with Crippen molar-refractivity contribution in [1.29, 1.82) is 0 Å². The highest BCUT2D eigenvalue weighted by molar-refractivity contribution is 7.99. The summed E-state index contributed by atoms with van der Waals surface area (Å²) in [6.45, 7) is 6.63. The lowest BCUT2D eigenvalue weighted by atomic mass is 10.1. The van der Waals surface area contributed by atoms with Crippen LogP contribution in [-0.4, -0.2) is 21.6 Å². The van der Waals surface area contributed by atoms with Crippen LogP contribution in [0.15, 0.2) is 65.7 Å². The number of pyridine rings is 1. The van der Waals surface area contributed by atoms with Gasteiger partial charge in [0.1, 0.15) is 0 Å². The fraction of sp³-hybridized carbons (Fsp3) is 0.208. The van der Waals surface area contributed by atoms with Crippen molar-refractivity contribution in [2.24, 2.45) is 0 Å². The van der Waals surface area contributed by atoms with Gasteiger partial charge in [-0.05, 0) is 67.1 Å². The third-order valence-electron chi connectivity index (χ3n) is 4.73. The molecule has 0 fully saturated rings. The molecular weight excluding hydrogens is 410 g/mol. The fourth-order valence-electron chi connectivity index (χ4n) is 3.40. The van der Waals surface area contributed by atoms with Crippen molar-refractivity contribution >= 4 is 44.4 Å². The summed E-state index contributed by atoms with van der Waals surface area (Å²) in [5.74, 6) is 0.902. The smallest absolute Gasteiger partial charge is 0.260 e. The van der Waals surface area contributed by atoms with E-state index in [2.05, 4.69) is 37.9 Å². The molecule has 0 aliphatic heterocycles. The molecule has 2 aromatic heterocycles. The van der Waals surface area contributed by atoms with Gasteiger partial charge in [0, 0.05) is 16.7 Å². The zero-order chi connectivity index (χ0) is 21.1. The number of fused-ring (bicyclic) bond motifs is 1. The van der Waals surface area contributed by atoms with E-state index in [1.54, 1.807) is 34.2 Å². The second-order valence-electron chi connectivity index (χ2n) is 7.10. The van der Waals surface area contributed by atoms with Crippen LogP contribution in [0.25, 0.3) is 10.2 Å². The predicted molar refractivity (Wildman–Crippen MR) is 127 cm³/mol. The number of amides is 1. The van der Waals surface area contributed by atoms with Gasteiger partial charge in [0.05, 0.1) is 22.5 Å². The highest BCUT2D eigenvalue weighted by atomic mass is 32.2. The first-order valence-electron chi connectivity index (χ1n) is 9.87. The first-order valence-corrected chi connectivity index (χ1v) is 11.7. The highest BCUT2D eigenvalue weighted by Gasteiger charge is 2.23. The van der Waals surface area contributed by atoms with E-state index >= 15 is 0 Å². The zero-order valence-electron chi connectivity index (χ0n) is 17.3. The number of aromatic nitrogens is 2. The van der Waals surface area contributed by atoms with Gasteiger partial charge in [-0.2, -0.15) is 0 Å². The van der Waals surface area contributed by atoms with Gasteiger partial charge in [0.2, 0.25) is 0 Å². The molecule has 0 atom stereocenters. The number of aryl methyl sites for hydroxylation is 2. The van der Waals surface area contributed by atoms with Crippen molar-refractivity contribution < 1.29 is 4.79 Å². The van der Waals surface area contributed by atoms with Crippen molar-refractivity contribution in [3.8, 4) is 0 Å². The van der Waals surface area contributed by atoms with E-state index in [-0.39, 0.29) is 5.91 Å². The van der Waals surface area contributed by atoms with Crippen molar-refractivity contribution in [3.05, 3.63) is 83.2 Å². The Morgan fingerprint density at radius 2 is 1.97 bits per heavy atom. The molecule has 0 unspecified atom stereocenters. The quantitative estimate of drug-likeness (QED) is 0.336. The van der Waals surface area contributed by atoms with Crippen LogP contribution in [0, 0.1) is 13.8 Å². The average Bonchev–Trinajstić information content (AvgIpc) is 3.17. The Balaban J connectivity index is 1.77. The minimum absolute atomic E-state index is 0.0624. The number of hydrogen-bond donors (Lipinski definition) is 0. The Morgan fingerprint density at radius 3 is 2.73 bits per heavy atom. The van der Waals surface area contributed by atoms with Gasteiger partial charge in [0.15, 0.2) is 5.13 Å². The maximum absolute atomic E-state index is 13.6. The molecule has 1 amide bonds. The number of carbonyl (C=O) groups is 1. The molecule has 30 heavy (non-hydrogen) atoms. The summed E-state index contributed by atoms with van der Waals surface area (Å²) in [4.78, 5) is 25.7. The molecule has 0 saturated heterocycles. The van der Waals surface area contributed by atoms with Crippen molar-refractivity contribution in [2.45, 2.75) is 32.2 Å². The van der Waals surface area contributed by atoms with Gasteiger partial charge in [-0.25, -0.2) is 4.98 Å². The van der Waals surface area contributed by atoms with Gasteiger partial charge < -0.3 is 0 Å². The summed E-state index contributed by atoms with van der Waals surface area (Å²) >= 11 is 3.28. The zero-order valence-corrected chi connectivity index (χ0v) is 18.9. The van der Waals surface area contributed by atoms with E-state index in [1.807, 2.05) is 42.5 Å². The van der Waals surface area contributed by atoms with Crippen LogP contribution in [-0.2, 0) is 6.54 Å². The normalized spacial score (nSPS) is 11.0. The van der Waals surface area contributed by atoms with E-state index in [0.717, 1.165) is 32.1 Å². The number of benzene rings is 2. The number of hydrogen-bond acceptors (Lipinski definition) is 5.